The second-order valence-electron chi connectivity index (χ2n) is 3.27. The molecule has 3 nitrogen and oxygen atoms in total. The van der Waals surface area contributed by atoms with Gasteiger partial charge in [0.2, 0.25) is 0 Å². The van der Waals surface area contributed by atoms with E-state index in [9.17, 15) is 4.79 Å². The number of ketones is 1. The van der Waals surface area contributed by atoms with Crippen LogP contribution in [0.4, 0.5) is 0 Å². The summed E-state index contributed by atoms with van der Waals surface area (Å²) in [6, 6.07) is 0.0115. The van der Waals surface area contributed by atoms with Gasteiger partial charge in [0.05, 0.1) is 12.6 Å². The van der Waals surface area contributed by atoms with Gasteiger partial charge in [-0.2, -0.15) is 0 Å². The molecule has 1 atom stereocenters. The molecule has 0 saturated carbocycles. The molecule has 0 aromatic rings. The van der Waals surface area contributed by atoms with E-state index in [-0.39, 0.29) is 11.8 Å². The Kier molecular flexibility index (Phi) is 3.02. The molecule has 0 N–H and O–H groups in total. The predicted molar refractivity (Wildman–Crippen MR) is 43.6 cm³/mol. The molecule has 0 spiro atoms. The average molecular weight is 155 g/mol. The highest BCUT2D eigenvalue weighted by molar-refractivity contribution is 5.86. The third-order valence-electron chi connectivity index (χ3n) is 1.83. The summed E-state index contributed by atoms with van der Waals surface area (Å²) in [7, 11) is 3.82. The van der Waals surface area contributed by atoms with Gasteiger partial charge in [0.25, 0.3) is 0 Å². The molecule has 1 radical (unpaired) electrons. The average Bonchev–Trinajstić information content (AvgIpc) is 2.35. The molecular weight excluding hydrogens is 140 g/mol. The Morgan fingerprint density at radius 1 is 1.64 bits per heavy atom. The van der Waals surface area contributed by atoms with E-state index < -0.39 is 0 Å². The number of hydrogen-bond donors (Lipinski definition) is 0. The lowest BCUT2D eigenvalue weighted by Gasteiger charge is -2.11. The minimum atomic E-state index is 0.0115. The molecule has 0 aromatic heterocycles. The Labute approximate surface area is 67.8 Å². The van der Waals surface area contributed by atoms with Gasteiger partial charge in [-0.3, -0.25) is 4.79 Å². The highest BCUT2D eigenvalue weighted by atomic mass is 16.1. The van der Waals surface area contributed by atoms with Gasteiger partial charge in [0.1, 0.15) is 0 Å². The summed E-state index contributed by atoms with van der Waals surface area (Å²) >= 11 is 0. The molecule has 0 amide bonds. The number of nitrogens with zero attached hydrogens (tertiary/aromatic N) is 2. The summed E-state index contributed by atoms with van der Waals surface area (Å²) in [5.74, 6) is 0.271. The molecule has 0 aliphatic carbocycles. The van der Waals surface area contributed by atoms with Crippen LogP contribution >= 0.6 is 0 Å². The van der Waals surface area contributed by atoms with Crippen molar-refractivity contribution in [2.24, 2.45) is 0 Å². The Balaban J connectivity index is 2.28. The summed E-state index contributed by atoms with van der Waals surface area (Å²) in [5, 5.41) is 4.21. The van der Waals surface area contributed by atoms with E-state index in [4.69, 9.17) is 0 Å². The maximum absolute atomic E-state index is 11.3. The van der Waals surface area contributed by atoms with Crippen molar-refractivity contribution in [2.45, 2.75) is 18.9 Å². The van der Waals surface area contributed by atoms with Crippen molar-refractivity contribution >= 4 is 5.78 Å². The number of hydrogen-bond acceptors (Lipinski definition) is 2. The van der Waals surface area contributed by atoms with Crippen molar-refractivity contribution in [3.63, 3.8) is 0 Å². The van der Waals surface area contributed by atoms with Gasteiger partial charge in [0, 0.05) is 6.54 Å². The van der Waals surface area contributed by atoms with E-state index >= 15 is 0 Å². The SMILES string of the molecule is CN(C)CC(=O)C1CCC[N]1. The molecule has 11 heavy (non-hydrogen) atoms. The summed E-state index contributed by atoms with van der Waals surface area (Å²) in [6.07, 6.45) is 2.05. The van der Waals surface area contributed by atoms with Crippen molar-refractivity contribution in [3.8, 4) is 0 Å². The minimum absolute atomic E-state index is 0.0115. The molecule has 63 valence electrons. The Morgan fingerprint density at radius 3 is 2.82 bits per heavy atom. The minimum Gasteiger partial charge on any atom is -0.302 e. The molecule has 0 bridgehead atoms. The summed E-state index contributed by atoms with van der Waals surface area (Å²) in [6.45, 7) is 1.41. The van der Waals surface area contributed by atoms with Crippen LogP contribution in [0.25, 0.3) is 0 Å². The van der Waals surface area contributed by atoms with Crippen LogP contribution in [-0.2, 0) is 4.79 Å². The van der Waals surface area contributed by atoms with E-state index in [1.807, 2.05) is 19.0 Å². The second kappa shape index (κ2) is 3.83. The maximum Gasteiger partial charge on any atom is 0.165 e. The van der Waals surface area contributed by atoms with E-state index in [1.165, 1.54) is 0 Å². The largest absolute Gasteiger partial charge is 0.302 e. The number of carbonyl (C=O) groups is 1. The van der Waals surface area contributed by atoms with Gasteiger partial charge < -0.3 is 4.90 Å². The van der Waals surface area contributed by atoms with Gasteiger partial charge in [-0.25, -0.2) is 5.32 Å². The first kappa shape index (κ1) is 8.68. The van der Waals surface area contributed by atoms with Crippen LogP contribution in [0.1, 0.15) is 12.8 Å². The lowest BCUT2D eigenvalue weighted by Crippen LogP contribution is -2.33. The molecule has 1 rings (SSSR count). The fraction of sp³-hybridized carbons (Fsp3) is 0.875. The number of rotatable bonds is 3. The Hall–Kier alpha value is -0.410. The number of carbonyl (C=O) groups excluding carboxylic acids is 1. The van der Waals surface area contributed by atoms with Gasteiger partial charge in [0.15, 0.2) is 5.78 Å². The van der Waals surface area contributed by atoms with Gasteiger partial charge >= 0.3 is 0 Å². The third-order valence-corrected chi connectivity index (χ3v) is 1.83. The smallest absolute Gasteiger partial charge is 0.165 e. The van der Waals surface area contributed by atoms with Crippen molar-refractivity contribution < 1.29 is 4.79 Å². The van der Waals surface area contributed by atoms with E-state index in [2.05, 4.69) is 5.32 Å². The van der Waals surface area contributed by atoms with E-state index in [0.29, 0.717) is 6.54 Å². The topological polar surface area (TPSA) is 34.4 Å². The molecule has 0 aromatic carbocycles. The molecular formula is C8H15N2O. The molecule has 1 unspecified atom stereocenters. The van der Waals surface area contributed by atoms with Crippen molar-refractivity contribution in [1.82, 2.24) is 10.2 Å². The van der Waals surface area contributed by atoms with E-state index in [1.54, 1.807) is 0 Å². The Bertz CT molecular complexity index is 139. The third kappa shape index (κ3) is 2.60. The normalized spacial score (nSPS) is 24.5. The van der Waals surface area contributed by atoms with Crippen molar-refractivity contribution in [1.29, 1.82) is 0 Å². The zero-order valence-corrected chi connectivity index (χ0v) is 7.21. The molecule has 3 heteroatoms. The quantitative estimate of drug-likeness (QED) is 0.569. The van der Waals surface area contributed by atoms with Crippen LogP contribution in [0.15, 0.2) is 0 Å². The molecule has 1 heterocycles. The summed E-state index contributed by atoms with van der Waals surface area (Å²) in [4.78, 5) is 13.2. The summed E-state index contributed by atoms with van der Waals surface area (Å²) < 4.78 is 0. The van der Waals surface area contributed by atoms with Crippen LogP contribution in [0.2, 0.25) is 0 Å². The lowest BCUT2D eigenvalue weighted by atomic mass is 10.1. The first-order chi connectivity index (χ1) is 5.20. The van der Waals surface area contributed by atoms with Crippen LogP contribution in [-0.4, -0.2) is 43.9 Å². The highest BCUT2D eigenvalue weighted by Gasteiger charge is 2.22. The molecule has 1 aliphatic rings. The van der Waals surface area contributed by atoms with Gasteiger partial charge in [-0.15, -0.1) is 0 Å². The lowest BCUT2D eigenvalue weighted by molar-refractivity contribution is -0.121. The number of Topliss-reactive ketones (excluding diaryl/α,β-unsaturated/α-hetero) is 1. The fourth-order valence-corrected chi connectivity index (χ4v) is 1.30. The number of likely N-dealkylation sites (N-methyl/N-ethyl adjacent to an activating group) is 1. The summed E-state index contributed by atoms with van der Waals surface area (Å²) in [5.41, 5.74) is 0. The maximum atomic E-state index is 11.3. The fourth-order valence-electron chi connectivity index (χ4n) is 1.30. The van der Waals surface area contributed by atoms with Crippen LogP contribution in [0.5, 0.6) is 0 Å². The van der Waals surface area contributed by atoms with Crippen LogP contribution in [0.3, 0.4) is 0 Å². The van der Waals surface area contributed by atoms with Gasteiger partial charge in [-0.1, -0.05) is 0 Å². The molecule has 1 fully saturated rings. The zero-order chi connectivity index (χ0) is 8.27. The van der Waals surface area contributed by atoms with E-state index in [0.717, 1.165) is 19.4 Å². The van der Waals surface area contributed by atoms with Crippen molar-refractivity contribution in [2.75, 3.05) is 27.2 Å². The van der Waals surface area contributed by atoms with Crippen LogP contribution in [0, 0.1) is 0 Å². The zero-order valence-electron chi connectivity index (χ0n) is 7.21. The molecule has 1 aliphatic heterocycles. The van der Waals surface area contributed by atoms with Gasteiger partial charge in [-0.05, 0) is 26.9 Å². The van der Waals surface area contributed by atoms with Crippen molar-refractivity contribution in [3.05, 3.63) is 0 Å². The monoisotopic (exact) mass is 155 g/mol. The van der Waals surface area contributed by atoms with Crippen LogP contribution < -0.4 is 5.32 Å². The second-order valence-corrected chi connectivity index (χ2v) is 3.27. The first-order valence-corrected chi connectivity index (χ1v) is 4.04. The highest BCUT2D eigenvalue weighted by Crippen LogP contribution is 2.07. The molecule has 1 saturated heterocycles. The standard InChI is InChI=1S/C8H15N2O/c1-10(2)6-8(11)7-4-3-5-9-7/h7H,3-6H2,1-2H3. The predicted octanol–water partition coefficient (Wildman–Crippen LogP) is -0.116. The first-order valence-electron chi connectivity index (χ1n) is 4.04. The Morgan fingerprint density at radius 2 is 2.36 bits per heavy atom.